The second-order valence-corrected chi connectivity index (χ2v) is 6.91. The van der Waals surface area contributed by atoms with Crippen LogP contribution < -0.4 is 10.7 Å². The van der Waals surface area contributed by atoms with Gasteiger partial charge in [-0.3, -0.25) is 9.59 Å². The predicted molar refractivity (Wildman–Crippen MR) is 110 cm³/mol. The summed E-state index contributed by atoms with van der Waals surface area (Å²) < 4.78 is 2.01. The van der Waals surface area contributed by atoms with Crippen molar-refractivity contribution in [2.75, 3.05) is 5.32 Å². The molecule has 3 rings (SSSR count). The van der Waals surface area contributed by atoms with Crippen LogP contribution in [0.2, 0.25) is 5.02 Å². The van der Waals surface area contributed by atoms with Crippen molar-refractivity contribution in [2.24, 2.45) is 0 Å². The number of aromatic nitrogens is 1. The highest BCUT2D eigenvalue weighted by Gasteiger charge is 2.21. The number of rotatable bonds is 4. The highest BCUT2D eigenvalue weighted by Crippen LogP contribution is 2.22. The molecule has 0 spiro atoms. The summed E-state index contributed by atoms with van der Waals surface area (Å²) in [7, 11) is 0. The second-order valence-electron chi connectivity index (χ2n) is 6.51. The van der Waals surface area contributed by atoms with Crippen molar-refractivity contribution >= 4 is 23.2 Å². The topological polar surface area (TPSA) is 51.1 Å². The standard InChI is InChI=1S/C22H21ClN2O2/c1-14-15(2)25(13-17-9-5-4-6-10-17)16(3)20(21(14)26)22(27)24-19-12-8-7-11-18(19)23/h4-12H,13H2,1-3H3,(H,24,27). The first-order chi connectivity index (χ1) is 12.9. The van der Waals surface area contributed by atoms with E-state index < -0.39 is 5.91 Å². The van der Waals surface area contributed by atoms with E-state index in [0.29, 0.717) is 28.5 Å². The third kappa shape index (κ3) is 3.81. The number of hydrogen-bond donors (Lipinski definition) is 1. The lowest BCUT2D eigenvalue weighted by molar-refractivity contribution is 0.102. The maximum absolute atomic E-state index is 12.9. The average Bonchev–Trinajstić information content (AvgIpc) is 2.66. The molecule has 1 heterocycles. The first-order valence-electron chi connectivity index (χ1n) is 8.70. The van der Waals surface area contributed by atoms with Crippen molar-refractivity contribution in [1.82, 2.24) is 4.57 Å². The van der Waals surface area contributed by atoms with Gasteiger partial charge >= 0.3 is 0 Å². The minimum Gasteiger partial charge on any atom is -0.343 e. The van der Waals surface area contributed by atoms with Crippen LogP contribution in [0.3, 0.4) is 0 Å². The molecule has 0 aliphatic carbocycles. The zero-order chi connectivity index (χ0) is 19.6. The molecule has 0 bridgehead atoms. The van der Waals surface area contributed by atoms with Gasteiger partial charge in [-0.15, -0.1) is 0 Å². The van der Waals surface area contributed by atoms with Gasteiger partial charge in [-0.2, -0.15) is 0 Å². The van der Waals surface area contributed by atoms with E-state index >= 15 is 0 Å². The van der Waals surface area contributed by atoms with Crippen LogP contribution in [0, 0.1) is 20.8 Å². The Hall–Kier alpha value is -2.85. The van der Waals surface area contributed by atoms with Crippen LogP contribution in [0.5, 0.6) is 0 Å². The molecule has 138 valence electrons. The van der Waals surface area contributed by atoms with Crippen LogP contribution in [0.4, 0.5) is 5.69 Å². The molecule has 1 N–H and O–H groups in total. The average molecular weight is 381 g/mol. The summed E-state index contributed by atoms with van der Waals surface area (Å²) in [6.07, 6.45) is 0. The number of pyridine rings is 1. The number of nitrogens with one attached hydrogen (secondary N) is 1. The van der Waals surface area contributed by atoms with Crippen molar-refractivity contribution in [2.45, 2.75) is 27.3 Å². The number of anilines is 1. The van der Waals surface area contributed by atoms with Gasteiger partial charge in [-0.1, -0.05) is 54.1 Å². The Kier molecular flexibility index (Phi) is 5.47. The lowest BCUT2D eigenvalue weighted by Gasteiger charge is -2.20. The van der Waals surface area contributed by atoms with Gasteiger partial charge < -0.3 is 9.88 Å². The summed E-state index contributed by atoms with van der Waals surface area (Å²) >= 11 is 6.13. The maximum atomic E-state index is 12.9. The number of benzene rings is 2. The smallest absolute Gasteiger partial charge is 0.261 e. The van der Waals surface area contributed by atoms with Crippen LogP contribution in [0.15, 0.2) is 59.4 Å². The van der Waals surface area contributed by atoms with Crippen molar-refractivity contribution in [1.29, 1.82) is 0 Å². The largest absolute Gasteiger partial charge is 0.343 e. The van der Waals surface area contributed by atoms with E-state index in [1.165, 1.54) is 0 Å². The molecule has 1 amide bonds. The molecule has 0 saturated heterocycles. The quantitative estimate of drug-likeness (QED) is 0.711. The van der Waals surface area contributed by atoms with Gasteiger partial charge in [0.25, 0.3) is 5.91 Å². The van der Waals surface area contributed by atoms with Gasteiger partial charge in [0.05, 0.1) is 10.7 Å². The summed E-state index contributed by atoms with van der Waals surface area (Å²) in [4.78, 5) is 25.7. The summed E-state index contributed by atoms with van der Waals surface area (Å²) in [5, 5.41) is 3.19. The number of halogens is 1. The fourth-order valence-corrected chi connectivity index (χ4v) is 3.31. The molecule has 1 aromatic heterocycles. The number of carbonyl (C=O) groups is 1. The zero-order valence-corrected chi connectivity index (χ0v) is 16.3. The molecule has 0 aliphatic heterocycles. The van der Waals surface area contributed by atoms with E-state index in [1.54, 1.807) is 38.1 Å². The van der Waals surface area contributed by atoms with E-state index in [4.69, 9.17) is 11.6 Å². The van der Waals surface area contributed by atoms with Crippen molar-refractivity contribution < 1.29 is 4.79 Å². The fraction of sp³-hybridized carbons (Fsp3) is 0.182. The Balaban J connectivity index is 2.06. The van der Waals surface area contributed by atoms with E-state index in [-0.39, 0.29) is 11.0 Å². The van der Waals surface area contributed by atoms with Gasteiger partial charge in [-0.05, 0) is 38.5 Å². The van der Waals surface area contributed by atoms with Gasteiger partial charge in [0, 0.05) is 23.5 Å². The number of para-hydroxylation sites is 1. The van der Waals surface area contributed by atoms with E-state index in [2.05, 4.69) is 5.32 Å². The van der Waals surface area contributed by atoms with E-state index in [9.17, 15) is 9.59 Å². The van der Waals surface area contributed by atoms with Crippen molar-refractivity contribution in [3.8, 4) is 0 Å². The van der Waals surface area contributed by atoms with E-state index in [1.807, 2.05) is 41.8 Å². The maximum Gasteiger partial charge on any atom is 0.261 e. The highest BCUT2D eigenvalue weighted by molar-refractivity contribution is 6.33. The van der Waals surface area contributed by atoms with Crippen molar-refractivity contribution in [3.63, 3.8) is 0 Å². The Bertz CT molecular complexity index is 1060. The monoisotopic (exact) mass is 380 g/mol. The van der Waals surface area contributed by atoms with Crippen LogP contribution in [-0.4, -0.2) is 10.5 Å². The molecule has 0 saturated carbocycles. The number of nitrogens with zero attached hydrogens (tertiary/aromatic N) is 1. The molecule has 0 aliphatic rings. The molecule has 2 aromatic carbocycles. The Labute approximate surface area is 163 Å². The molecular formula is C22H21ClN2O2. The van der Waals surface area contributed by atoms with Crippen LogP contribution in [0.25, 0.3) is 0 Å². The molecule has 0 fully saturated rings. The molecule has 0 radical (unpaired) electrons. The summed E-state index contributed by atoms with van der Waals surface area (Å²) in [5.74, 6) is -0.449. The summed E-state index contributed by atoms with van der Waals surface area (Å²) in [5.41, 5.74) is 3.54. The number of carbonyl (C=O) groups excluding carboxylic acids is 1. The predicted octanol–water partition coefficient (Wildman–Crippen LogP) is 4.73. The van der Waals surface area contributed by atoms with Crippen molar-refractivity contribution in [3.05, 3.63) is 97.9 Å². The zero-order valence-electron chi connectivity index (χ0n) is 15.5. The molecule has 3 aromatic rings. The van der Waals surface area contributed by atoms with Gasteiger partial charge in [0.1, 0.15) is 5.56 Å². The van der Waals surface area contributed by atoms with Gasteiger partial charge in [0.15, 0.2) is 5.43 Å². The Morgan fingerprint density at radius 3 is 2.26 bits per heavy atom. The minimum absolute atomic E-state index is 0.147. The highest BCUT2D eigenvalue weighted by atomic mass is 35.5. The first kappa shape index (κ1) is 18.9. The molecular weight excluding hydrogens is 360 g/mol. The molecule has 0 unspecified atom stereocenters. The Morgan fingerprint density at radius 1 is 0.963 bits per heavy atom. The Morgan fingerprint density at radius 2 is 1.59 bits per heavy atom. The fourth-order valence-electron chi connectivity index (χ4n) is 3.12. The molecule has 5 heteroatoms. The van der Waals surface area contributed by atoms with Gasteiger partial charge in [-0.25, -0.2) is 0 Å². The number of hydrogen-bond acceptors (Lipinski definition) is 2. The molecule has 4 nitrogen and oxygen atoms in total. The summed E-state index contributed by atoms with van der Waals surface area (Å²) in [6, 6.07) is 16.9. The second kappa shape index (κ2) is 7.80. The minimum atomic E-state index is -0.449. The van der Waals surface area contributed by atoms with Crippen LogP contribution >= 0.6 is 11.6 Å². The van der Waals surface area contributed by atoms with Crippen LogP contribution in [0.1, 0.15) is 32.9 Å². The third-order valence-electron chi connectivity index (χ3n) is 4.81. The lowest BCUT2D eigenvalue weighted by Crippen LogP contribution is -2.29. The van der Waals surface area contributed by atoms with Crippen LogP contribution in [-0.2, 0) is 6.54 Å². The lowest BCUT2D eigenvalue weighted by atomic mass is 10.1. The molecule has 27 heavy (non-hydrogen) atoms. The van der Waals surface area contributed by atoms with E-state index in [0.717, 1.165) is 11.3 Å². The third-order valence-corrected chi connectivity index (χ3v) is 5.14. The normalized spacial score (nSPS) is 10.7. The summed E-state index contributed by atoms with van der Waals surface area (Å²) in [6.45, 7) is 6.05. The first-order valence-corrected chi connectivity index (χ1v) is 9.08. The SMILES string of the molecule is Cc1c(C)n(Cc2ccccc2)c(C)c(C(=O)Nc2ccccc2Cl)c1=O. The number of amides is 1. The van der Waals surface area contributed by atoms with Gasteiger partial charge in [0.2, 0.25) is 0 Å². The molecule has 0 atom stereocenters.